The molecule has 16 heavy (non-hydrogen) atoms. The first-order valence-electron chi connectivity index (χ1n) is 6.54. The number of aliphatic carboxylic acids is 1. The summed E-state index contributed by atoms with van der Waals surface area (Å²) in [6, 6.07) is 0. The molecule has 0 radical (unpaired) electrons. The minimum Gasteiger partial charge on any atom is -0.481 e. The lowest BCUT2D eigenvalue weighted by Crippen LogP contribution is -2.47. The molecule has 0 bridgehead atoms. The number of carboxylic acid groups (broad SMARTS) is 1. The topological polar surface area (TPSA) is 40.5 Å². The van der Waals surface area contributed by atoms with Gasteiger partial charge in [-0.05, 0) is 38.6 Å². The SMILES string of the molecule is CN(CC1CCCC1)CC1(C(=O)O)CCC1. The molecule has 3 heteroatoms. The average molecular weight is 225 g/mol. The normalized spacial score (nSPS) is 24.6. The fourth-order valence-corrected chi connectivity index (χ4v) is 3.26. The van der Waals surface area contributed by atoms with Crippen molar-refractivity contribution in [2.24, 2.45) is 11.3 Å². The zero-order valence-corrected chi connectivity index (χ0v) is 10.2. The standard InChI is InChI=1S/C13H23NO2/c1-14(9-11-5-2-3-6-11)10-13(12(15)16)7-4-8-13/h11H,2-10H2,1H3,(H,15,16). The second kappa shape index (κ2) is 4.74. The summed E-state index contributed by atoms with van der Waals surface area (Å²) in [4.78, 5) is 13.5. The smallest absolute Gasteiger partial charge is 0.310 e. The van der Waals surface area contributed by atoms with Crippen molar-refractivity contribution in [2.75, 3.05) is 20.1 Å². The molecule has 92 valence electrons. The minimum absolute atomic E-state index is 0.409. The Labute approximate surface area is 97.8 Å². The van der Waals surface area contributed by atoms with Gasteiger partial charge in [-0.2, -0.15) is 0 Å². The molecule has 0 heterocycles. The van der Waals surface area contributed by atoms with Crippen molar-refractivity contribution in [3.8, 4) is 0 Å². The highest BCUT2D eigenvalue weighted by Crippen LogP contribution is 2.42. The summed E-state index contributed by atoms with van der Waals surface area (Å²) in [7, 11) is 2.08. The third-order valence-corrected chi connectivity index (χ3v) is 4.38. The molecule has 0 aromatic heterocycles. The van der Waals surface area contributed by atoms with Gasteiger partial charge in [0.1, 0.15) is 0 Å². The third kappa shape index (κ3) is 2.40. The van der Waals surface area contributed by atoms with Crippen molar-refractivity contribution in [2.45, 2.75) is 44.9 Å². The number of rotatable bonds is 5. The van der Waals surface area contributed by atoms with Gasteiger partial charge in [0.15, 0.2) is 0 Å². The Bertz CT molecular complexity index is 255. The van der Waals surface area contributed by atoms with Gasteiger partial charge in [0.25, 0.3) is 0 Å². The van der Waals surface area contributed by atoms with Crippen LogP contribution in [0.15, 0.2) is 0 Å². The van der Waals surface area contributed by atoms with Crippen molar-refractivity contribution in [3.05, 3.63) is 0 Å². The maximum atomic E-state index is 11.2. The molecule has 1 N–H and O–H groups in total. The van der Waals surface area contributed by atoms with Crippen LogP contribution in [0.4, 0.5) is 0 Å². The van der Waals surface area contributed by atoms with Crippen LogP contribution in [0.2, 0.25) is 0 Å². The van der Waals surface area contributed by atoms with Crippen molar-refractivity contribution in [1.29, 1.82) is 0 Å². The summed E-state index contributed by atoms with van der Waals surface area (Å²) in [5.41, 5.74) is -0.409. The molecule has 0 atom stereocenters. The maximum Gasteiger partial charge on any atom is 0.310 e. The first kappa shape index (κ1) is 11.9. The first-order valence-corrected chi connectivity index (χ1v) is 6.54. The van der Waals surface area contributed by atoms with Crippen LogP contribution in [0.5, 0.6) is 0 Å². The summed E-state index contributed by atoms with van der Waals surface area (Å²) < 4.78 is 0. The van der Waals surface area contributed by atoms with Gasteiger partial charge in [-0.15, -0.1) is 0 Å². The summed E-state index contributed by atoms with van der Waals surface area (Å²) >= 11 is 0. The third-order valence-electron chi connectivity index (χ3n) is 4.38. The zero-order valence-electron chi connectivity index (χ0n) is 10.2. The molecule has 2 saturated carbocycles. The Kier molecular flexibility index (Phi) is 3.53. The van der Waals surface area contributed by atoms with E-state index in [9.17, 15) is 9.90 Å². The van der Waals surface area contributed by atoms with Gasteiger partial charge in [0.05, 0.1) is 5.41 Å². The molecule has 3 nitrogen and oxygen atoms in total. The fourth-order valence-electron chi connectivity index (χ4n) is 3.26. The largest absolute Gasteiger partial charge is 0.481 e. The van der Waals surface area contributed by atoms with E-state index in [1.54, 1.807) is 0 Å². The summed E-state index contributed by atoms with van der Waals surface area (Å²) in [5, 5.41) is 9.27. The van der Waals surface area contributed by atoms with Crippen molar-refractivity contribution >= 4 is 5.97 Å². The van der Waals surface area contributed by atoms with Gasteiger partial charge < -0.3 is 10.0 Å². The molecule has 2 rings (SSSR count). The Balaban J connectivity index is 1.81. The van der Waals surface area contributed by atoms with Crippen LogP contribution in [0.1, 0.15) is 44.9 Å². The molecule has 0 aromatic carbocycles. The molecule has 0 aliphatic heterocycles. The monoisotopic (exact) mass is 225 g/mol. The van der Waals surface area contributed by atoms with Crippen molar-refractivity contribution in [3.63, 3.8) is 0 Å². The molecule has 0 amide bonds. The minimum atomic E-state index is -0.586. The molecule has 0 saturated heterocycles. The summed E-state index contributed by atoms with van der Waals surface area (Å²) in [5.74, 6) is 0.230. The van der Waals surface area contributed by atoms with E-state index in [0.717, 1.165) is 38.3 Å². The molecular formula is C13H23NO2. The van der Waals surface area contributed by atoms with Crippen LogP contribution in [-0.4, -0.2) is 36.1 Å². The second-order valence-corrected chi connectivity index (χ2v) is 5.79. The molecule has 2 fully saturated rings. The summed E-state index contributed by atoms with van der Waals surface area (Å²) in [6.07, 6.45) is 8.23. The number of hydrogen-bond donors (Lipinski definition) is 1. The van der Waals surface area contributed by atoms with Crippen LogP contribution in [-0.2, 0) is 4.79 Å². The fraction of sp³-hybridized carbons (Fsp3) is 0.923. The molecule has 2 aliphatic rings. The second-order valence-electron chi connectivity index (χ2n) is 5.79. The van der Waals surface area contributed by atoms with E-state index in [1.165, 1.54) is 25.7 Å². The molecular weight excluding hydrogens is 202 g/mol. The quantitative estimate of drug-likeness (QED) is 0.781. The van der Waals surface area contributed by atoms with E-state index >= 15 is 0 Å². The van der Waals surface area contributed by atoms with Gasteiger partial charge in [-0.3, -0.25) is 4.79 Å². The lowest BCUT2D eigenvalue weighted by molar-refractivity contribution is -0.156. The van der Waals surface area contributed by atoms with E-state index in [-0.39, 0.29) is 0 Å². The van der Waals surface area contributed by atoms with Crippen LogP contribution >= 0.6 is 0 Å². The number of carboxylic acids is 1. The maximum absolute atomic E-state index is 11.2. The first-order chi connectivity index (χ1) is 7.62. The van der Waals surface area contributed by atoms with Crippen molar-refractivity contribution in [1.82, 2.24) is 4.90 Å². The number of nitrogens with zero attached hydrogens (tertiary/aromatic N) is 1. The van der Waals surface area contributed by atoms with E-state index in [1.807, 2.05) is 0 Å². The predicted octanol–water partition coefficient (Wildman–Crippen LogP) is 2.36. The van der Waals surface area contributed by atoms with Crippen LogP contribution < -0.4 is 0 Å². The van der Waals surface area contributed by atoms with Gasteiger partial charge in [-0.1, -0.05) is 19.3 Å². The predicted molar refractivity (Wildman–Crippen MR) is 63.4 cm³/mol. The zero-order chi connectivity index (χ0) is 11.6. The van der Waals surface area contributed by atoms with E-state index in [4.69, 9.17) is 0 Å². The number of hydrogen-bond acceptors (Lipinski definition) is 2. The van der Waals surface area contributed by atoms with E-state index < -0.39 is 11.4 Å². The lowest BCUT2D eigenvalue weighted by atomic mass is 9.68. The van der Waals surface area contributed by atoms with E-state index in [2.05, 4.69) is 11.9 Å². The molecule has 2 aliphatic carbocycles. The Morgan fingerprint density at radius 3 is 2.38 bits per heavy atom. The van der Waals surface area contributed by atoms with Gasteiger partial charge in [0.2, 0.25) is 0 Å². The molecule has 0 unspecified atom stereocenters. The van der Waals surface area contributed by atoms with E-state index in [0.29, 0.717) is 0 Å². The number of carbonyl (C=O) groups is 1. The van der Waals surface area contributed by atoms with Crippen LogP contribution in [0.3, 0.4) is 0 Å². The Morgan fingerprint density at radius 2 is 1.94 bits per heavy atom. The highest BCUT2D eigenvalue weighted by molar-refractivity contribution is 5.76. The van der Waals surface area contributed by atoms with Crippen LogP contribution in [0.25, 0.3) is 0 Å². The van der Waals surface area contributed by atoms with Gasteiger partial charge in [0, 0.05) is 13.1 Å². The Morgan fingerprint density at radius 1 is 1.31 bits per heavy atom. The summed E-state index contributed by atoms with van der Waals surface area (Å²) in [6.45, 7) is 1.84. The molecule has 0 spiro atoms. The van der Waals surface area contributed by atoms with Gasteiger partial charge in [-0.25, -0.2) is 0 Å². The highest BCUT2D eigenvalue weighted by Gasteiger charge is 2.45. The Hall–Kier alpha value is -0.570. The highest BCUT2D eigenvalue weighted by atomic mass is 16.4. The average Bonchev–Trinajstić information content (AvgIpc) is 2.63. The van der Waals surface area contributed by atoms with Crippen LogP contribution in [0, 0.1) is 11.3 Å². The van der Waals surface area contributed by atoms with Gasteiger partial charge >= 0.3 is 5.97 Å². The lowest BCUT2D eigenvalue weighted by Gasteiger charge is -2.41. The molecule has 0 aromatic rings. The van der Waals surface area contributed by atoms with Crippen molar-refractivity contribution < 1.29 is 9.90 Å².